The minimum absolute atomic E-state index is 0.443. The lowest BCUT2D eigenvalue weighted by molar-refractivity contribution is 0.0702. The Morgan fingerprint density at radius 3 is 2.88 bits per heavy atom. The SMILES string of the molecule is CC1CCN(Cc2ccc(C(=O)O)s2)C(C)C1. The van der Waals surface area contributed by atoms with Crippen LogP contribution in [-0.2, 0) is 6.54 Å². The quantitative estimate of drug-likeness (QED) is 0.900. The number of rotatable bonds is 3. The van der Waals surface area contributed by atoms with E-state index < -0.39 is 5.97 Å². The third kappa shape index (κ3) is 3.07. The van der Waals surface area contributed by atoms with Crippen LogP contribution in [0.15, 0.2) is 12.1 Å². The van der Waals surface area contributed by atoms with Gasteiger partial charge < -0.3 is 5.11 Å². The van der Waals surface area contributed by atoms with Gasteiger partial charge in [0.25, 0.3) is 0 Å². The molecule has 2 rings (SSSR count). The van der Waals surface area contributed by atoms with Gasteiger partial charge in [-0.05, 0) is 44.4 Å². The molecule has 1 aliphatic rings. The van der Waals surface area contributed by atoms with Crippen molar-refractivity contribution < 1.29 is 9.90 Å². The highest BCUT2D eigenvalue weighted by Gasteiger charge is 2.23. The Labute approximate surface area is 106 Å². The van der Waals surface area contributed by atoms with Gasteiger partial charge in [0.2, 0.25) is 0 Å². The maximum Gasteiger partial charge on any atom is 0.345 e. The van der Waals surface area contributed by atoms with Gasteiger partial charge in [0, 0.05) is 17.5 Å². The third-order valence-electron chi connectivity index (χ3n) is 3.51. The van der Waals surface area contributed by atoms with Crippen LogP contribution in [0.1, 0.15) is 41.2 Å². The van der Waals surface area contributed by atoms with Crippen LogP contribution in [0.5, 0.6) is 0 Å². The Kier molecular flexibility index (Phi) is 3.84. The molecule has 1 N–H and O–H groups in total. The zero-order valence-electron chi connectivity index (χ0n) is 10.3. The van der Waals surface area contributed by atoms with E-state index in [1.165, 1.54) is 24.2 Å². The Balaban J connectivity index is 1.98. The first-order valence-electron chi connectivity index (χ1n) is 6.12. The zero-order valence-corrected chi connectivity index (χ0v) is 11.2. The highest BCUT2D eigenvalue weighted by atomic mass is 32.1. The molecule has 3 nitrogen and oxygen atoms in total. The van der Waals surface area contributed by atoms with Crippen molar-refractivity contribution in [2.75, 3.05) is 6.54 Å². The van der Waals surface area contributed by atoms with Crippen molar-refractivity contribution in [2.24, 2.45) is 5.92 Å². The molecule has 2 atom stereocenters. The van der Waals surface area contributed by atoms with Crippen molar-refractivity contribution >= 4 is 17.3 Å². The molecule has 0 radical (unpaired) electrons. The van der Waals surface area contributed by atoms with Gasteiger partial charge in [-0.25, -0.2) is 4.79 Å². The normalized spacial score (nSPS) is 26.0. The lowest BCUT2D eigenvalue weighted by Crippen LogP contribution is -2.39. The molecule has 1 aliphatic heterocycles. The summed E-state index contributed by atoms with van der Waals surface area (Å²) in [5.74, 6) is 0.000677. The minimum Gasteiger partial charge on any atom is -0.477 e. The molecule has 0 amide bonds. The van der Waals surface area contributed by atoms with E-state index in [0.717, 1.165) is 23.9 Å². The molecule has 0 spiro atoms. The molecule has 1 aromatic heterocycles. The van der Waals surface area contributed by atoms with Gasteiger partial charge in [-0.2, -0.15) is 0 Å². The second-order valence-corrected chi connectivity index (χ2v) is 6.19. The van der Waals surface area contributed by atoms with E-state index in [1.807, 2.05) is 6.07 Å². The number of carboxylic acid groups (broad SMARTS) is 1. The average molecular weight is 253 g/mol. The lowest BCUT2D eigenvalue weighted by atomic mass is 9.93. The van der Waals surface area contributed by atoms with Crippen molar-refractivity contribution in [1.82, 2.24) is 4.90 Å². The van der Waals surface area contributed by atoms with E-state index in [1.54, 1.807) is 6.07 Å². The van der Waals surface area contributed by atoms with Gasteiger partial charge in [-0.3, -0.25) is 4.90 Å². The topological polar surface area (TPSA) is 40.5 Å². The van der Waals surface area contributed by atoms with Gasteiger partial charge in [0.1, 0.15) is 4.88 Å². The summed E-state index contributed by atoms with van der Waals surface area (Å²) < 4.78 is 0. The van der Waals surface area contributed by atoms with Crippen LogP contribution < -0.4 is 0 Å². The number of hydrogen-bond acceptors (Lipinski definition) is 3. The van der Waals surface area contributed by atoms with E-state index >= 15 is 0 Å². The van der Waals surface area contributed by atoms with E-state index in [4.69, 9.17) is 5.11 Å². The highest BCUT2D eigenvalue weighted by Crippen LogP contribution is 2.26. The van der Waals surface area contributed by atoms with Crippen molar-refractivity contribution in [3.8, 4) is 0 Å². The lowest BCUT2D eigenvalue weighted by Gasteiger charge is -2.36. The summed E-state index contributed by atoms with van der Waals surface area (Å²) >= 11 is 1.40. The van der Waals surface area contributed by atoms with Crippen molar-refractivity contribution in [3.63, 3.8) is 0 Å². The Morgan fingerprint density at radius 2 is 2.29 bits per heavy atom. The van der Waals surface area contributed by atoms with Gasteiger partial charge in [-0.1, -0.05) is 6.92 Å². The van der Waals surface area contributed by atoms with Crippen LogP contribution in [0.2, 0.25) is 0 Å². The molecule has 0 aromatic carbocycles. The molecule has 1 saturated heterocycles. The third-order valence-corrected chi connectivity index (χ3v) is 4.57. The fourth-order valence-electron chi connectivity index (χ4n) is 2.47. The number of carboxylic acids is 1. The molecule has 1 aromatic rings. The summed E-state index contributed by atoms with van der Waals surface area (Å²) in [4.78, 5) is 14.9. The minimum atomic E-state index is -0.818. The van der Waals surface area contributed by atoms with Gasteiger partial charge >= 0.3 is 5.97 Å². The molecule has 0 aliphatic carbocycles. The van der Waals surface area contributed by atoms with Crippen molar-refractivity contribution in [2.45, 2.75) is 39.3 Å². The monoisotopic (exact) mass is 253 g/mol. The Bertz CT molecular complexity index is 402. The van der Waals surface area contributed by atoms with E-state index in [2.05, 4.69) is 18.7 Å². The summed E-state index contributed by atoms with van der Waals surface area (Å²) in [6.45, 7) is 6.59. The van der Waals surface area contributed by atoms with Gasteiger partial charge in [0.15, 0.2) is 0 Å². The van der Waals surface area contributed by atoms with E-state index in [0.29, 0.717) is 10.9 Å². The number of carbonyl (C=O) groups is 1. The first-order chi connectivity index (χ1) is 8.06. The van der Waals surface area contributed by atoms with E-state index in [-0.39, 0.29) is 0 Å². The molecular formula is C13H19NO2S. The van der Waals surface area contributed by atoms with Crippen LogP contribution >= 0.6 is 11.3 Å². The molecule has 1 fully saturated rings. The Hall–Kier alpha value is -0.870. The summed E-state index contributed by atoms with van der Waals surface area (Å²) in [6.07, 6.45) is 2.50. The summed E-state index contributed by atoms with van der Waals surface area (Å²) in [5.41, 5.74) is 0. The average Bonchev–Trinajstić information content (AvgIpc) is 2.71. The Morgan fingerprint density at radius 1 is 1.53 bits per heavy atom. The first kappa shape index (κ1) is 12.6. The number of piperidine rings is 1. The molecule has 94 valence electrons. The smallest absolute Gasteiger partial charge is 0.345 e. The van der Waals surface area contributed by atoms with Crippen LogP contribution in [0.3, 0.4) is 0 Å². The number of likely N-dealkylation sites (tertiary alicyclic amines) is 1. The predicted octanol–water partition coefficient (Wildman–Crippen LogP) is 3.07. The fourth-order valence-corrected chi connectivity index (χ4v) is 3.34. The number of hydrogen-bond donors (Lipinski definition) is 1. The maximum absolute atomic E-state index is 10.8. The summed E-state index contributed by atoms with van der Waals surface area (Å²) in [6, 6.07) is 4.26. The van der Waals surface area contributed by atoms with Gasteiger partial charge in [0.05, 0.1) is 0 Å². The maximum atomic E-state index is 10.8. The largest absolute Gasteiger partial charge is 0.477 e. The predicted molar refractivity (Wildman–Crippen MR) is 69.5 cm³/mol. The molecule has 2 unspecified atom stereocenters. The molecule has 17 heavy (non-hydrogen) atoms. The second kappa shape index (κ2) is 5.19. The first-order valence-corrected chi connectivity index (χ1v) is 6.94. The molecule has 0 saturated carbocycles. The summed E-state index contributed by atoms with van der Waals surface area (Å²) in [5, 5.41) is 8.89. The van der Waals surface area contributed by atoms with Gasteiger partial charge in [-0.15, -0.1) is 11.3 Å². The van der Waals surface area contributed by atoms with Crippen LogP contribution in [0.4, 0.5) is 0 Å². The second-order valence-electron chi connectivity index (χ2n) is 5.02. The van der Waals surface area contributed by atoms with Crippen molar-refractivity contribution in [3.05, 3.63) is 21.9 Å². The highest BCUT2D eigenvalue weighted by molar-refractivity contribution is 7.13. The van der Waals surface area contributed by atoms with E-state index in [9.17, 15) is 4.79 Å². The fraction of sp³-hybridized carbons (Fsp3) is 0.615. The molecule has 0 bridgehead atoms. The van der Waals surface area contributed by atoms with Crippen LogP contribution in [0, 0.1) is 5.92 Å². The number of aromatic carboxylic acids is 1. The van der Waals surface area contributed by atoms with Crippen molar-refractivity contribution in [1.29, 1.82) is 0 Å². The van der Waals surface area contributed by atoms with Crippen LogP contribution in [-0.4, -0.2) is 28.6 Å². The molecular weight excluding hydrogens is 234 g/mol. The summed E-state index contributed by atoms with van der Waals surface area (Å²) in [7, 11) is 0. The zero-order chi connectivity index (χ0) is 12.4. The van der Waals surface area contributed by atoms with Crippen LogP contribution in [0.25, 0.3) is 0 Å². The standard InChI is InChI=1S/C13H19NO2S/c1-9-5-6-14(10(2)7-9)8-11-3-4-12(17-11)13(15)16/h3-4,9-10H,5-8H2,1-2H3,(H,15,16). The molecule has 2 heterocycles. The molecule has 4 heteroatoms. The number of nitrogens with zero attached hydrogens (tertiary/aromatic N) is 1. The number of thiophene rings is 1.